The van der Waals surface area contributed by atoms with E-state index in [4.69, 9.17) is 4.74 Å². The fourth-order valence-corrected chi connectivity index (χ4v) is 1.41. The zero-order chi connectivity index (χ0) is 10.6. The lowest BCUT2D eigenvalue weighted by Gasteiger charge is -2.21. The van der Waals surface area contributed by atoms with E-state index >= 15 is 0 Å². The molecule has 1 aromatic rings. The largest absolute Gasteiger partial charge is 0.390 e. The molecule has 1 aromatic heterocycles. The van der Waals surface area contributed by atoms with Gasteiger partial charge in [-0.1, -0.05) is 0 Å². The number of aliphatic hydroxyl groups is 1. The second-order valence-electron chi connectivity index (χ2n) is 3.94. The minimum atomic E-state index is -0.709. The van der Waals surface area contributed by atoms with Gasteiger partial charge in [-0.05, 0) is 18.9 Å². The number of ether oxygens (including phenoxy) is 1. The monoisotopic (exact) mass is 198 g/mol. The van der Waals surface area contributed by atoms with Crippen molar-refractivity contribution in [2.75, 3.05) is 13.7 Å². The van der Waals surface area contributed by atoms with Crippen LogP contribution in [0.15, 0.2) is 12.4 Å². The van der Waals surface area contributed by atoms with E-state index in [2.05, 4.69) is 5.10 Å². The second-order valence-corrected chi connectivity index (χ2v) is 3.94. The summed E-state index contributed by atoms with van der Waals surface area (Å²) in [4.78, 5) is 0. The van der Waals surface area contributed by atoms with Crippen LogP contribution in [0.5, 0.6) is 0 Å². The van der Waals surface area contributed by atoms with Gasteiger partial charge in [0.1, 0.15) is 0 Å². The first kappa shape index (κ1) is 11.2. The van der Waals surface area contributed by atoms with Crippen LogP contribution >= 0.6 is 0 Å². The molecule has 0 bridgehead atoms. The Labute approximate surface area is 84.5 Å². The average molecular weight is 198 g/mol. The van der Waals surface area contributed by atoms with Gasteiger partial charge in [0.2, 0.25) is 0 Å². The quantitative estimate of drug-likeness (QED) is 0.759. The highest BCUT2D eigenvalue weighted by Gasteiger charge is 2.21. The van der Waals surface area contributed by atoms with E-state index in [0.717, 1.165) is 5.56 Å². The Hall–Kier alpha value is -0.870. The summed E-state index contributed by atoms with van der Waals surface area (Å²) in [5.74, 6) is 0. The van der Waals surface area contributed by atoms with E-state index in [0.29, 0.717) is 19.4 Å². The Morgan fingerprint density at radius 3 is 2.86 bits per heavy atom. The van der Waals surface area contributed by atoms with Crippen molar-refractivity contribution in [2.45, 2.75) is 25.4 Å². The summed E-state index contributed by atoms with van der Waals surface area (Å²) in [5, 5.41) is 14.0. The maximum atomic E-state index is 9.99. The fraction of sp³-hybridized carbons (Fsp3) is 0.700. The summed E-state index contributed by atoms with van der Waals surface area (Å²) < 4.78 is 6.68. The van der Waals surface area contributed by atoms with Crippen LogP contribution in [-0.2, 0) is 18.2 Å². The van der Waals surface area contributed by atoms with Gasteiger partial charge in [-0.3, -0.25) is 4.68 Å². The van der Waals surface area contributed by atoms with E-state index in [-0.39, 0.29) is 0 Å². The number of aromatic nitrogens is 2. The molecule has 0 amide bonds. The molecule has 0 radical (unpaired) electrons. The standard InChI is InChI=1S/C10H18N2O2/c1-10(13,4-5-14-3)6-9-7-11-12(2)8-9/h7-8,13H,4-6H2,1-3H3. The van der Waals surface area contributed by atoms with Gasteiger partial charge in [-0.15, -0.1) is 0 Å². The summed E-state index contributed by atoms with van der Waals surface area (Å²) in [7, 11) is 3.51. The lowest BCUT2D eigenvalue weighted by Crippen LogP contribution is -2.28. The van der Waals surface area contributed by atoms with Crippen LogP contribution in [0.3, 0.4) is 0 Å². The third-order valence-corrected chi connectivity index (χ3v) is 2.19. The molecule has 14 heavy (non-hydrogen) atoms. The molecule has 0 aliphatic rings. The van der Waals surface area contributed by atoms with Crippen LogP contribution in [-0.4, -0.2) is 34.2 Å². The van der Waals surface area contributed by atoms with Crippen molar-refractivity contribution in [2.24, 2.45) is 7.05 Å². The Morgan fingerprint density at radius 1 is 1.64 bits per heavy atom. The first-order valence-electron chi connectivity index (χ1n) is 4.72. The number of hydrogen-bond donors (Lipinski definition) is 1. The van der Waals surface area contributed by atoms with Crippen molar-refractivity contribution in [3.8, 4) is 0 Å². The van der Waals surface area contributed by atoms with Crippen LogP contribution in [0.4, 0.5) is 0 Å². The SMILES string of the molecule is COCCC(C)(O)Cc1cnn(C)c1. The number of rotatable bonds is 5. The van der Waals surface area contributed by atoms with Gasteiger partial charge in [0, 0.05) is 33.4 Å². The smallest absolute Gasteiger partial charge is 0.0683 e. The molecule has 1 unspecified atom stereocenters. The molecule has 0 aliphatic heterocycles. The van der Waals surface area contributed by atoms with Crippen LogP contribution in [0, 0.1) is 0 Å². The fourth-order valence-electron chi connectivity index (χ4n) is 1.41. The molecule has 0 aromatic carbocycles. The van der Waals surface area contributed by atoms with Crippen molar-refractivity contribution >= 4 is 0 Å². The molecule has 0 fully saturated rings. The molecule has 0 spiro atoms. The van der Waals surface area contributed by atoms with Crippen LogP contribution in [0.25, 0.3) is 0 Å². The van der Waals surface area contributed by atoms with Gasteiger partial charge in [0.25, 0.3) is 0 Å². The van der Waals surface area contributed by atoms with Gasteiger partial charge >= 0.3 is 0 Å². The van der Waals surface area contributed by atoms with Gasteiger partial charge in [-0.2, -0.15) is 5.10 Å². The van der Waals surface area contributed by atoms with E-state index < -0.39 is 5.60 Å². The molecule has 0 aliphatic carbocycles. The molecule has 0 saturated carbocycles. The van der Waals surface area contributed by atoms with Crippen molar-refractivity contribution in [1.82, 2.24) is 9.78 Å². The Morgan fingerprint density at radius 2 is 2.36 bits per heavy atom. The zero-order valence-corrected chi connectivity index (χ0v) is 9.03. The summed E-state index contributed by atoms with van der Waals surface area (Å²) >= 11 is 0. The molecule has 0 saturated heterocycles. The zero-order valence-electron chi connectivity index (χ0n) is 9.03. The maximum absolute atomic E-state index is 9.99. The molecule has 1 heterocycles. The first-order valence-corrected chi connectivity index (χ1v) is 4.72. The average Bonchev–Trinajstić information content (AvgIpc) is 2.47. The van der Waals surface area contributed by atoms with Crippen molar-refractivity contribution in [3.63, 3.8) is 0 Å². The predicted molar refractivity (Wildman–Crippen MR) is 54.0 cm³/mol. The third-order valence-electron chi connectivity index (χ3n) is 2.19. The highest BCUT2D eigenvalue weighted by molar-refractivity contribution is 5.07. The molecule has 1 rings (SSSR count). The van der Waals surface area contributed by atoms with Gasteiger partial charge < -0.3 is 9.84 Å². The molecule has 1 atom stereocenters. The van der Waals surface area contributed by atoms with Crippen LogP contribution < -0.4 is 0 Å². The summed E-state index contributed by atoms with van der Waals surface area (Å²) in [6.07, 6.45) is 4.95. The van der Waals surface area contributed by atoms with Gasteiger partial charge in [0.15, 0.2) is 0 Å². The Balaban J connectivity index is 2.49. The second kappa shape index (κ2) is 4.57. The highest BCUT2D eigenvalue weighted by atomic mass is 16.5. The number of nitrogens with zero attached hydrogens (tertiary/aromatic N) is 2. The maximum Gasteiger partial charge on any atom is 0.0683 e. The third kappa shape index (κ3) is 3.47. The van der Waals surface area contributed by atoms with E-state index in [1.54, 1.807) is 18.0 Å². The highest BCUT2D eigenvalue weighted by Crippen LogP contribution is 2.16. The van der Waals surface area contributed by atoms with E-state index in [1.165, 1.54) is 0 Å². The summed E-state index contributed by atoms with van der Waals surface area (Å²) in [6.45, 7) is 2.40. The first-order chi connectivity index (χ1) is 6.53. The Bertz CT molecular complexity index is 281. The van der Waals surface area contributed by atoms with Crippen LogP contribution in [0.1, 0.15) is 18.9 Å². The molecule has 4 heteroatoms. The molecule has 80 valence electrons. The minimum absolute atomic E-state index is 0.577. The lowest BCUT2D eigenvalue weighted by atomic mass is 9.95. The number of hydrogen-bond acceptors (Lipinski definition) is 3. The predicted octanol–water partition coefficient (Wildman–Crippen LogP) is 0.750. The van der Waals surface area contributed by atoms with E-state index in [9.17, 15) is 5.11 Å². The topological polar surface area (TPSA) is 47.3 Å². The summed E-state index contributed by atoms with van der Waals surface area (Å²) in [6, 6.07) is 0. The lowest BCUT2D eigenvalue weighted by molar-refractivity contribution is 0.0249. The van der Waals surface area contributed by atoms with Crippen LogP contribution in [0.2, 0.25) is 0 Å². The van der Waals surface area contributed by atoms with Crippen molar-refractivity contribution < 1.29 is 9.84 Å². The molecule has 4 nitrogen and oxygen atoms in total. The normalized spacial score (nSPS) is 15.4. The number of methoxy groups -OCH3 is 1. The molecular formula is C10H18N2O2. The van der Waals surface area contributed by atoms with Crippen molar-refractivity contribution in [1.29, 1.82) is 0 Å². The minimum Gasteiger partial charge on any atom is -0.390 e. The van der Waals surface area contributed by atoms with Gasteiger partial charge in [-0.25, -0.2) is 0 Å². The van der Waals surface area contributed by atoms with Gasteiger partial charge in [0.05, 0.1) is 11.8 Å². The molecule has 1 N–H and O–H groups in total. The Kier molecular flexibility index (Phi) is 3.66. The summed E-state index contributed by atoms with van der Waals surface area (Å²) in [5.41, 5.74) is 0.340. The van der Waals surface area contributed by atoms with Crippen molar-refractivity contribution in [3.05, 3.63) is 18.0 Å². The molecular weight excluding hydrogens is 180 g/mol. The van der Waals surface area contributed by atoms with E-state index in [1.807, 2.05) is 20.2 Å². The number of aryl methyl sites for hydroxylation is 1.